The van der Waals surface area contributed by atoms with Gasteiger partial charge in [-0.1, -0.05) is 38.1 Å². The van der Waals surface area contributed by atoms with Gasteiger partial charge in [-0.15, -0.1) is 0 Å². The lowest BCUT2D eigenvalue weighted by atomic mass is 10.0. The van der Waals surface area contributed by atoms with Crippen LogP contribution >= 0.6 is 0 Å². The van der Waals surface area contributed by atoms with Crippen LogP contribution in [-0.4, -0.2) is 31.8 Å². The monoisotopic (exact) mass is 401 g/mol. The van der Waals surface area contributed by atoms with Crippen LogP contribution in [-0.2, 0) is 21.4 Å². The first-order chi connectivity index (χ1) is 13.2. The van der Waals surface area contributed by atoms with E-state index < -0.39 is 10.0 Å². The number of nitrogens with two attached hydrogens (primary N) is 1. The number of carbonyl (C=O) groups excluding carboxylic acids is 1. The Balaban J connectivity index is 1.60. The average molecular weight is 402 g/mol. The van der Waals surface area contributed by atoms with Crippen LogP contribution in [0.4, 0.5) is 5.69 Å². The van der Waals surface area contributed by atoms with Crippen LogP contribution in [0.15, 0.2) is 53.4 Å². The van der Waals surface area contributed by atoms with Crippen molar-refractivity contribution in [1.82, 2.24) is 4.90 Å². The molecule has 0 aliphatic heterocycles. The summed E-state index contributed by atoms with van der Waals surface area (Å²) in [5, 5.41) is 7.92. The van der Waals surface area contributed by atoms with Crippen molar-refractivity contribution in [3.8, 4) is 0 Å². The van der Waals surface area contributed by atoms with Gasteiger partial charge >= 0.3 is 0 Å². The second kappa shape index (κ2) is 8.43. The van der Waals surface area contributed by atoms with Crippen molar-refractivity contribution in [3.05, 3.63) is 59.7 Å². The van der Waals surface area contributed by atoms with E-state index in [9.17, 15) is 13.2 Å². The van der Waals surface area contributed by atoms with Crippen LogP contribution in [0.5, 0.6) is 0 Å². The first-order valence-corrected chi connectivity index (χ1v) is 11.0. The summed E-state index contributed by atoms with van der Waals surface area (Å²) >= 11 is 0. The van der Waals surface area contributed by atoms with Gasteiger partial charge in [-0.25, -0.2) is 13.6 Å². The lowest BCUT2D eigenvalue weighted by molar-refractivity contribution is -0.117. The molecule has 1 amide bonds. The number of sulfonamides is 1. The molecule has 0 aromatic heterocycles. The smallest absolute Gasteiger partial charge is 0.238 e. The van der Waals surface area contributed by atoms with Gasteiger partial charge in [0.25, 0.3) is 0 Å². The molecule has 7 heteroatoms. The zero-order valence-electron chi connectivity index (χ0n) is 16.3. The maximum Gasteiger partial charge on any atom is 0.238 e. The molecule has 0 spiro atoms. The molecular weight excluding hydrogens is 374 g/mol. The molecule has 2 aromatic rings. The zero-order valence-corrected chi connectivity index (χ0v) is 17.1. The minimum absolute atomic E-state index is 0.0231. The van der Waals surface area contributed by atoms with Gasteiger partial charge in [0.05, 0.1) is 11.4 Å². The van der Waals surface area contributed by atoms with Gasteiger partial charge < -0.3 is 5.32 Å². The van der Waals surface area contributed by atoms with Gasteiger partial charge in [-0.3, -0.25) is 9.69 Å². The topological polar surface area (TPSA) is 92.5 Å². The number of rotatable bonds is 8. The molecular formula is C21H27N3O3S. The Morgan fingerprint density at radius 2 is 1.71 bits per heavy atom. The van der Waals surface area contributed by atoms with E-state index in [1.165, 1.54) is 23.3 Å². The minimum atomic E-state index is -3.73. The lowest BCUT2D eigenvalue weighted by Gasteiger charge is -2.22. The number of carbonyl (C=O) groups is 1. The van der Waals surface area contributed by atoms with E-state index in [4.69, 9.17) is 5.14 Å². The molecule has 6 nitrogen and oxygen atoms in total. The number of hydrogen-bond donors (Lipinski definition) is 2. The quantitative estimate of drug-likeness (QED) is 0.711. The predicted molar refractivity (Wildman–Crippen MR) is 110 cm³/mol. The number of primary sulfonamides is 1. The number of amides is 1. The highest BCUT2D eigenvalue weighted by Gasteiger charge is 2.30. The summed E-state index contributed by atoms with van der Waals surface area (Å²) in [6.45, 7) is 5.38. The van der Waals surface area contributed by atoms with Gasteiger partial charge in [0.2, 0.25) is 15.9 Å². The van der Waals surface area contributed by atoms with E-state index >= 15 is 0 Å². The Kier molecular flexibility index (Phi) is 6.17. The van der Waals surface area contributed by atoms with E-state index in [0.717, 1.165) is 19.4 Å². The molecule has 1 aliphatic rings. The number of nitrogens with zero attached hydrogens (tertiary/aromatic N) is 1. The predicted octanol–water partition coefficient (Wildman–Crippen LogP) is 3.06. The van der Waals surface area contributed by atoms with Crippen molar-refractivity contribution in [2.24, 2.45) is 5.14 Å². The molecule has 150 valence electrons. The third-order valence-electron chi connectivity index (χ3n) is 4.91. The van der Waals surface area contributed by atoms with Gasteiger partial charge in [-0.2, -0.15) is 0 Å². The van der Waals surface area contributed by atoms with Crippen LogP contribution in [0.3, 0.4) is 0 Å². The maximum absolute atomic E-state index is 12.5. The molecule has 0 atom stereocenters. The number of benzene rings is 2. The van der Waals surface area contributed by atoms with Crippen molar-refractivity contribution in [1.29, 1.82) is 0 Å². The fourth-order valence-corrected chi connectivity index (χ4v) is 3.62. The van der Waals surface area contributed by atoms with E-state index in [-0.39, 0.29) is 10.8 Å². The van der Waals surface area contributed by atoms with Crippen LogP contribution in [0.2, 0.25) is 0 Å². The first kappa shape index (κ1) is 20.5. The highest BCUT2D eigenvalue weighted by atomic mass is 32.2. The summed E-state index contributed by atoms with van der Waals surface area (Å²) in [5.41, 5.74) is 3.05. The third-order valence-corrected chi connectivity index (χ3v) is 5.84. The third kappa shape index (κ3) is 5.64. The molecule has 3 rings (SSSR count). The van der Waals surface area contributed by atoms with Crippen LogP contribution in [0.25, 0.3) is 0 Å². The van der Waals surface area contributed by atoms with E-state index in [0.29, 0.717) is 24.2 Å². The van der Waals surface area contributed by atoms with E-state index in [1.807, 2.05) is 0 Å². The summed E-state index contributed by atoms with van der Waals surface area (Å²) < 4.78 is 22.6. The fraction of sp³-hybridized carbons (Fsp3) is 0.381. The normalized spacial score (nSPS) is 14.5. The molecule has 28 heavy (non-hydrogen) atoms. The Morgan fingerprint density at radius 1 is 1.11 bits per heavy atom. The molecule has 0 heterocycles. The summed E-state index contributed by atoms with van der Waals surface area (Å²) in [6.07, 6.45) is 2.22. The van der Waals surface area contributed by atoms with Crippen molar-refractivity contribution in [2.75, 3.05) is 11.9 Å². The Morgan fingerprint density at radius 3 is 2.21 bits per heavy atom. The Labute approximate surface area is 166 Å². The molecule has 2 aromatic carbocycles. The van der Waals surface area contributed by atoms with E-state index in [1.54, 1.807) is 12.1 Å². The van der Waals surface area contributed by atoms with Crippen LogP contribution in [0, 0.1) is 0 Å². The number of nitrogens with one attached hydrogen (secondary N) is 1. The highest BCUT2D eigenvalue weighted by Crippen LogP contribution is 2.28. The second-order valence-corrected chi connectivity index (χ2v) is 9.21. The SMILES string of the molecule is CC(C)c1ccc(CN(CC(=O)Nc2ccc(S(N)(=O)=O)cc2)C2CC2)cc1. The molecule has 1 fully saturated rings. The molecule has 0 radical (unpaired) electrons. The minimum Gasteiger partial charge on any atom is -0.325 e. The second-order valence-electron chi connectivity index (χ2n) is 7.65. The van der Waals surface area contributed by atoms with Crippen molar-refractivity contribution in [3.63, 3.8) is 0 Å². The van der Waals surface area contributed by atoms with Gasteiger partial charge in [0, 0.05) is 18.3 Å². The summed E-state index contributed by atoms with van der Waals surface area (Å²) in [7, 11) is -3.73. The Bertz CT molecular complexity index is 918. The van der Waals surface area contributed by atoms with Crippen molar-refractivity contribution >= 4 is 21.6 Å². The fourth-order valence-electron chi connectivity index (χ4n) is 3.11. The Hall–Kier alpha value is -2.22. The van der Waals surface area contributed by atoms with Crippen LogP contribution in [0.1, 0.15) is 43.7 Å². The molecule has 0 bridgehead atoms. The summed E-state index contributed by atoms with van der Waals surface area (Å²) in [4.78, 5) is 14.7. The highest BCUT2D eigenvalue weighted by molar-refractivity contribution is 7.89. The molecule has 0 saturated heterocycles. The lowest BCUT2D eigenvalue weighted by Crippen LogP contribution is -2.34. The largest absolute Gasteiger partial charge is 0.325 e. The van der Waals surface area contributed by atoms with Crippen LogP contribution < -0.4 is 10.5 Å². The standard InChI is InChI=1S/C21H27N3O3S/c1-15(2)17-5-3-16(4-6-17)13-24(19-9-10-19)14-21(25)23-18-7-11-20(12-8-18)28(22,26)27/h3-8,11-12,15,19H,9-10,13-14H2,1-2H3,(H,23,25)(H2,22,26,27). The van der Waals surface area contributed by atoms with Gasteiger partial charge in [0.15, 0.2) is 0 Å². The number of anilines is 1. The number of hydrogen-bond acceptors (Lipinski definition) is 4. The maximum atomic E-state index is 12.5. The van der Waals surface area contributed by atoms with Gasteiger partial charge in [0.1, 0.15) is 0 Å². The molecule has 1 saturated carbocycles. The summed E-state index contributed by atoms with van der Waals surface area (Å²) in [6, 6.07) is 14.9. The summed E-state index contributed by atoms with van der Waals surface area (Å²) in [5.74, 6) is 0.383. The molecule has 0 unspecified atom stereocenters. The zero-order chi connectivity index (χ0) is 20.3. The molecule has 3 N–H and O–H groups in total. The average Bonchev–Trinajstić information content (AvgIpc) is 3.46. The van der Waals surface area contributed by atoms with Crippen molar-refractivity contribution in [2.45, 2.75) is 50.1 Å². The molecule has 1 aliphatic carbocycles. The van der Waals surface area contributed by atoms with Crippen molar-refractivity contribution < 1.29 is 13.2 Å². The van der Waals surface area contributed by atoms with Gasteiger partial charge in [-0.05, 0) is 54.2 Å². The van der Waals surface area contributed by atoms with E-state index in [2.05, 4.69) is 48.3 Å². The first-order valence-electron chi connectivity index (χ1n) is 9.48.